The molecule has 0 unspecified atom stereocenters. The summed E-state index contributed by atoms with van der Waals surface area (Å²) in [5, 5.41) is 0. The number of amides is 1. The third-order valence-corrected chi connectivity index (χ3v) is 4.19. The van der Waals surface area contributed by atoms with Gasteiger partial charge in [0.05, 0.1) is 0 Å². The van der Waals surface area contributed by atoms with Gasteiger partial charge in [-0.1, -0.05) is 6.92 Å². The third-order valence-electron chi connectivity index (χ3n) is 4.19. The fourth-order valence-corrected chi connectivity index (χ4v) is 2.28. The highest BCUT2D eigenvalue weighted by Crippen LogP contribution is 2.21. The van der Waals surface area contributed by atoms with Gasteiger partial charge in [0.2, 0.25) is 0 Å². The summed E-state index contributed by atoms with van der Waals surface area (Å²) in [5.74, 6) is 0.678. The van der Waals surface area contributed by atoms with Crippen LogP contribution in [0.4, 0.5) is 4.79 Å². The van der Waals surface area contributed by atoms with Crippen LogP contribution in [0.5, 0.6) is 0 Å². The zero-order valence-corrected chi connectivity index (χ0v) is 13.8. The molecule has 0 aromatic carbocycles. The van der Waals surface area contributed by atoms with E-state index in [1.165, 1.54) is 0 Å². The Kier molecular flexibility index (Phi) is 6.80. The average Bonchev–Trinajstić information content (AvgIpc) is 2.39. The summed E-state index contributed by atoms with van der Waals surface area (Å²) in [4.78, 5) is 14.2. The van der Waals surface area contributed by atoms with Crippen molar-refractivity contribution in [1.29, 1.82) is 0 Å². The minimum absolute atomic E-state index is 0.176. The summed E-state index contributed by atoms with van der Waals surface area (Å²) >= 11 is 0. The van der Waals surface area contributed by atoms with Crippen LogP contribution in [0.3, 0.4) is 0 Å². The highest BCUT2D eigenvalue weighted by molar-refractivity contribution is 5.68. The van der Waals surface area contributed by atoms with Gasteiger partial charge in [-0.05, 0) is 59.3 Å². The van der Waals surface area contributed by atoms with Crippen LogP contribution in [0.25, 0.3) is 0 Å². The van der Waals surface area contributed by atoms with Gasteiger partial charge in [0, 0.05) is 25.8 Å². The number of carbonyl (C=O) groups is 1. The van der Waals surface area contributed by atoms with E-state index < -0.39 is 0 Å². The Labute approximate surface area is 123 Å². The number of nitrogens with zero attached hydrogens (tertiary/aromatic N) is 1. The molecule has 0 bridgehead atoms. The van der Waals surface area contributed by atoms with Crippen LogP contribution in [0.15, 0.2) is 0 Å². The zero-order valence-electron chi connectivity index (χ0n) is 13.8. The minimum Gasteiger partial charge on any atom is -0.443 e. The summed E-state index contributed by atoms with van der Waals surface area (Å²) in [6.07, 6.45) is 3.91. The van der Waals surface area contributed by atoms with Crippen LogP contribution < -0.4 is 0 Å². The van der Waals surface area contributed by atoms with E-state index in [1.54, 1.807) is 0 Å². The van der Waals surface area contributed by atoms with E-state index >= 15 is 0 Å². The van der Waals surface area contributed by atoms with Crippen LogP contribution in [0, 0.1) is 5.92 Å². The smallest absolute Gasteiger partial charge is 0.410 e. The molecule has 1 amide bonds. The molecule has 1 fully saturated rings. The SMILES string of the molecule is CCC(C)(C)OC(=O)N(CCC1CCOCC1)C(C)C. The number of hydrogen-bond acceptors (Lipinski definition) is 3. The Balaban J connectivity index is 2.48. The Morgan fingerprint density at radius 2 is 1.95 bits per heavy atom. The summed E-state index contributed by atoms with van der Waals surface area (Å²) in [5.41, 5.74) is -0.386. The lowest BCUT2D eigenvalue weighted by atomic mass is 9.96. The quantitative estimate of drug-likeness (QED) is 0.744. The maximum atomic E-state index is 12.3. The van der Waals surface area contributed by atoms with Crippen LogP contribution in [-0.4, -0.2) is 42.4 Å². The molecule has 4 heteroatoms. The molecule has 0 saturated carbocycles. The maximum absolute atomic E-state index is 12.3. The second kappa shape index (κ2) is 7.87. The summed E-state index contributed by atoms with van der Waals surface area (Å²) in [6.45, 7) is 12.5. The van der Waals surface area contributed by atoms with Crippen LogP contribution >= 0.6 is 0 Å². The van der Waals surface area contributed by atoms with E-state index in [1.807, 2.05) is 39.5 Å². The molecule has 0 spiro atoms. The average molecular weight is 285 g/mol. The van der Waals surface area contributed by atoms with Gasteiger partial charge in [0.25, 0.3) is 0 Å². The van der Waals surface area contributed by atoms with Gasteiger partial charge in [0.1, 0.15) is 5.60 Å². The molecule has 0 radical (unpaired) electrons. The fraction of sp³-hybridized carbons (Fsp3) is 0.938. The summed E-state index contributed by atoms with van der Waals surface area (Å²) in [6, 6.07) is 0.176. The first-order valence-electron chi connectivity index (χ1n) is 7.93. The minimum atomic E-state index is -0.386. The molecule has 4 nitrogen and oxygen atoms in total. The molecule has 20 heavy (non-hydrogen) atoms. The zero-order chi connectivity index (χ0) is 15.2. The first-order chi connectivity index (χ1) is 9.35. The maximum Gasteiger partial charge on any atom is 0.410 e. The molecular formula is C16H31NO3. The molecule has 0 atom stereocenters. The first kappa shape index (κ1) is 17.3. The highest BCUT2D eigenvalue weighted by atomic mass is 16.6. The fourth-order valence-electron chi connectivity index (χ4n) is 2.28. The van der Waals surface area contributed by atoms with Crippen molar-refractivity contribution >= 4 is 6.09 Å². The standard InChI is InChI=1S/C16H31NO3/c1-6-16(4,5)20-15(18)17(13(2)3)10-7-14-8-11-19-12-9-14/h13-14H,6-12H2,1-5H3. The molecule has 1 heterocycles. The molecule has 0 aromatic heterocycles. The van der Waals surface area contributed by atoms with E-state index in [2.05, 4.69) is 0 Å². The van der Waals surface area contributed by atoms with E-state index in [-0.39, 0.29) is 17.7 Å². The van der Waals surface area contributed by atoms with Crippen molar-refractivity contribution in [2.45, 2.75) is 71.9 Å². The second-order valence-corrected chi connectivity index (χ2v) is 6.61. The molecule has 118 valence electrons. The topological polar surface area (TPSA) is 38.8 Å². The van der Waals surface area contributed by atoms with Gasteiger partial charge < -0.3 is 14.4 Å². The first-order valence-corrected chi connectivity index (χ1v) is 7.93. The van der Waals surface area contributed by atoms with Gasteiger partial charge in [-0.25, -0.2) is 4.79 Å². The van der Waals surface area contributed by atoms with Gasteiger partial charge >= 0.3 is 6.09 Å². The Morgan fingerprint density at radius 1 is 1.35 bits per heavy atom. The van der Waals surface area contributed by atoms with Gasteiger partial charge in [-0.3, -0.25) is 0 Å². The molecule has 1 saturated heterocycles. The predicted octanol–water partition coefficient (Wildman–Crippen LogP) is 3.84. The largest absolute Gasteiger partial charge is 0.443 e. The summed E-state index contributed by atoms with van der Waals surface area (Å²) in [7, 11) is 0. The van der Waals surface area contributed by atoms with Crippen LogP contribution in [-0.2, 0) is 9.47 Å². The number of ether oxygens (including phenoxy) is 2. The van der Waals surface area contributed by atoms with Crippen LogP contribution in [0.2, 0.25) is 0 Å². The second-order valence-electron chi connectivity index (χ2n) is 6.61. The van der Waals surface area contributed by atoms with Gasteiger partial charge in [0.15, 0.2) is 0 Å². The predicted molar refractivity (Wildman–Crippen MR) is 80.9 cm³/mol. The lowest BCUT2D eigenvalue weighted by molar-refractivity contribution is 0.00328. The summed E-state index contributed by atoms with van der Waals surface area (Å²) < 4.78 is 11.0. The van der Waals surface area contributed by atoms with Crippen molar-refractivity contribution in [1.82, 2.24) is 4.90 Å². The molecule has 0 aliphatic carbocycles. The van der Waals surface area contributed by atoms with Crippen molar-refractivity contribution in [2.75, 3.05) is 19.8 Å². The van der Waals surface area contributed by atoms with E-state index in [4.69, 9.17) is 9.47 Å². The van der Waals surface area contributed by atoms with Crippen molar-refractivity contribution in [3.8, 4) is 0 Å². The van der Waals surface area contributed by atoms with Crippen molar-refractivity contribution < 1.29 is 14.3 Å². The van der Waals surface area contributed by atoms with E-state index in [9.17, 15) is 4.79 Å². The van der Waals surface area contributed by atoms with E-state index in [0.717, 1.165) is 45.4 Å². The number of rotatable bonds is 6. The molecule has 0 N–H and O–H groups in total. The lowest BCUT2D eigenvalue weighted by Crippen LogP contribution is -2.42. The highest BCUT2D eigenvalue weighted by Gasteiger charge is 2.27. The number of carbonyl (C=O) groups excluding carboxylic acids is 1. The van der Waals surface area contributed by atoms with Gasteiger partial charge in [-0.15, -0.1) is 0 Å². The molecule has 0 aromatic rings. The Hall–Kier alpha value is -0.770. The van der Waals surface area contributed by atoms with Gasteiger partial charge in [-0.2, -0.15) is 0 Å². The Bertz CT molecular complexity index is 296. The normalized spacial score (nSPS) is 17.3. The third kappa shape index (κ3) is 5.70. The molecule has 1 rings (SSSR count). The van der Waals surface area contributed by atoms with E-state index in [0.29, 0.717) is 5.92 Å². The van der Waals surface area contributed by atoms with Crippen LogP contribution in [0.1, 0.15) is 60.3 Å². The Morgan fingerprint density at radius 3 is 2.45 bits per heavy atom. The molecule has 1 aliphatic heterocycles. The van der Waals surface area contributed by atoms with Crippen molar-refractivity contribution in [3.05, 3.63) is 0 Å². The molecular weight excluding hydrogens is 254 g/mol. The van der Waals surface area contributed by atoms with Crippen molar-refractivity contribution in [3.63, 3.8) is 0 Å². The lowest BCUT2D eigenvalue weighted by Gasteiger charge is -2.32. The molecule has 1 aliphatic rings. The monoisotopic (exact) mass is 285 g/mol. The number of hydrogen-bond donors (Lipinski definition) is 0. The van der Waals surface area contributed by atoms with Crippen molar-refractivity contribution in [2.24, 2.45) is 5.92 Å².